The first-order chi connectivity index (χ1) is 14.7. The molecule has 0 amide bonds. The number of hydrogen-bond acceptors (Lipinski definition) is 2. The summed E-state index contributed by atoms with van der Waals surface area (Å²) in [4.78, 5) is 10.1. The summed E-state index contributed by atoms with van der Waals surface area (Å²) in [7, 11) is -3.29. The molecule has 0 unspecified atom stereocenters. The lowest BCUT2D eigenvalue weighted by Crippen LogP contribution is -2.41. The van der Waals surface area contributed by atoms with Crippen LogP contribution in [0, 0.1) is 0 Å². The molecule has 0 aliphatic heterocycles. The first-order valence-corrected chi connectivity index (χ1v) is 11.1. The van der Waals surface area contributed by atoms with E-state index in [0.29, 0.717) is 0 Å². The summed E-state index contributed by atoms with van der Waals surface area (Å²) in [6.45, 7) is 0. The van der Waals surface area contributed by atoms with Gasteiger partial charge in [-0.2, -0.15) is 0 Å². The Morgan fingerprint density at radius 3 is 1.27 bits per heavy atom. The quantitative estimate of drug-likeness (QED) is 0.427. The van der Waals surface area contributed by atoms with Crippen molar-refractivity contribution < 1.29 is 13.7 Å². The van der Waals surface area contributed by atoms with Crippen LogP contribution >= 0.6 is 0 Å². The van der Waals surface area contributed by atoms with Crippen LogP contribution in [-0.4, -0.2) is 14.0 Å². The molecule has 4 aromatic carbocycles. The Hall–Kier alpha value is -3.50. The first kappa shape index (κ1) is 19.8. The molecule has 30 heavy (non-hydrogen) atoms. The topological polar surface area (TPSA) is 46.5 Å². The van der Waals surface area contributed by atoms with Gasteiger partial charge in [-0.25, -0.2) is 0 Å². The maximum atomic E-state index is 12.3. The van der Waals surface area contributed by atoms with Crippen LogP contribution in [0.25, 0.3) is 0 Å². The molecule has 0 spiro atoms. The van der Waals surface area contributed by atoms with Crippen LogP contribution in [0.4, 0.5) is 0 Å². The Labute approximate surface area is 178 Å². The molecule has 0 heterocycles. The van der Waals surface area contributed by atoms with E-state index in [1.165, 1.54) is 0 Å². The molecule has 0 aliphatic carbocycles. The van der Waals surface area contributed by atoms with E-state index in [1.807, 2.05) is 121 Å². The second kappa shape index (κ2) is 8.89. The standard InChI is InChI=1S/C26H22O3Si/c27-30(28)29-26(23-17-9-3-10-18-23,24-19-11-4-12-20-24)25(21-13-5-1-6-14-21)22-15-7-2-8-16-22/h1-20,25,27H. The van der Waals surface area contributed by atoms with Crippen LogP contribution in [-0.2, 0) is 14.5 Å². The van der Waals surface area contributed by atoms with Gasteiger partial charge in [0.1, 0.15) is 0 Å². The highest BCUT2D eigenvalue weighted by Gasteiger charge is 2.47. The predicted molar refractivity (Wildman–Crippen MR) is 118 cm³/mol. The van der Waals surface area contributed by atoms with Gasteiger partial charge in [0.2, 0.25) is 0 Å². The molecular weight excluding hydrogens is 388 g/mol. The van der Waals surface area contributed by atoms with Crippen LogP contribution in [0.1, 0.15) is 28.2 Å². The van der Waals surface area contributed by atoms with E-state index in [4.69, 9.17) is 4.43 Å². The van der Waals surface area contributed by atoms with Crippen molar-refractivity contribution >= 4 is 9.17 Å². The van der Waals surface area contributed by atoms with Crippen molar-refractivity contribution in [3.63, 3.8) is 0 Å². The van der Waals surface area contributed by atoms with Crippen molar-refractivity contribution in [2.75, 3.05) is 0 Å². The van der Waals surface area contributed by atoms with Gasteiger partial charge in [-0.15, -0.1) is 0 Å². The van der Waals surface area contributed by atoms with Crippen molar-refractivity contribution in [3.05, 3.63) is 144 Å². The number of hydrogen-bond donors (Lipinski definition) is 1. The molecule has 148 valence electrons. The van der Waals surface area contributed by atoms with Gasteiger partial charge in [0.15, 0.2) is 5.60 Å². The van der Waals surface area contributed by atoms with E-state index < -0.39 is 14.8 Å². The maximum Gasteiger partial charge on any atom is 0.765 e. The van der Waals surface area contributed by atoms with Crippen LogP contribution in [0.2, 0.25) is 0 Å². The minimum Gasteiger partial charge on any atom is -0.511 e. The summed E-state index contributed by atoms with van der Waals surface area (Å²) in [6.07, 6.45) is 0. The molecule has 1 N–H and O–H groups in total. The second-order valence-electron chi connectivity index (χ2n) is 7.09. The summed E-state index contributed by atoms with van der Waals surface area (Å²) in [5.41, 5.74) is 2.46. The molecule has 0 bridgehead atoms. The van der Waals surface area contributed by atoms with Gasteiger partial charge < -0.3 is 9.22 Å². The molecule has 4 aromatic rings. The van der Waals surface area contributed by atoms with Gasteiger partial charge in [0.25, 0.3) is 0 Å². The Morgan fingerprint density at radius 1 is 0.600 bits per heavy atom. The zero-order valence-corrected chi connectivity index (χ0v) is 17.4. The summed E-state index contributed by atoms with van der Waals surface area (Å²) < 4.78 is 18.4. The fraction of sp³-hybridized carbons (Fsp3) is 0.0769. The fourth-order valence-corrected chi connectivity index (χ4v) is 4.77. The Balaban J connectivity index is 2.09. The van der Waals surface area contributed by atoms with Crippen LogP contribution in [0.15, 0.2) is 121 Å². The summed E-state index contributed by atoms with van der Waals surface area (Å²) >= 11 is 0. The lowest BCUT2D eigenvalue weighted by atomic mass is 9.70. The molecule has 3 nitrogen and oxygen atoms in total. The molecule has 0 aromatic heterocycles. The van der Waals surface area contributed by atoms with E-state index in [0.717, 1.165) is 22.3 Å². The zero-order chi connectivity index (χ0) is 20.8. The van der Waals surface area contributed by atoms with E-state index in [2.05, 4.69) is 0 Å². The van der Waals surface area contributed by atoms with E-state index in [9.17, 15) is 9.26 Å². The molecule has 0 aliphatic rings. The van der Waals surface area contributed by atoms with Crippen molar-refractivity contribution in [2.24, 2.45) is 0 Å². The monoisotopic (exact) mass is 410 g/mol. The maximum absolute atomic E-state index is 12.3. The fourth-order valence-electron chi connectivity index (χ4n) is 4.14. The molecule has 0 radical (unpaired) electrons. The van der Waals surface area contributed by atoms with Crippen molar-refractivity contribution in [1.82, 2.24) is 0 Å². The highest BCUT2D eigenvalue weighted by molar-refractivity contribution is 6.24. The number of rotatable bonds is 7. The van der Waals surface area contributed by atoms with Gasteiger partial charge in [-0.3, -0.25) is 4.46 Å². The molecule has 0 saturated heterocycles. The summed E-state index contributed by atoms with van der Waals surface area (Å²) in [5.74, 6) is -0.342. The average molecular weight is 411 g/mol. The third-order valence-electron chi connectivity index (χ3n) is 5.33. The van der Waals surface area contributed by atoms with E-state index in [1.54, 1.807) is 0 Å². The molecule has 4 rings (SSSR count). The summed E-state index contributed by atoms with van der Waals surface area (Å²) in [6, 6.07) is 39.4. The highest BCUT2D eigenvalue weighted by Crippen LogP contribution is 2.49. The van der Waals surface area contributed by atoms with Crippen LogP contribution < -0.4 is 0 Å². The molecular formula is C26H22O3Si. The van der Waals surface area contributed by atoms with Gasteiger partial charge in [0, 0.05) is 0 Å². The van der Waals surface area contributed by atoms with Crippen molar-refractivity contribution in [2.45, 2.75) is 11.5 Å². The zero-order valence-electron chi connectivity index (χ0n) is 16.4. The Kier molecular flexibility index (Phi) is 5.86. The molecule has 0 atom stereocenters. The predicted octanol–water partition coefficient (Wildman–Crippen LogP) is 5.19. The Bertz CT molecular complexity index is 1010. The third kappa shape index (κ3) is 3.82. The van der Waals surface area contributed by atoms with Crippen molar-refractivity contribution in [3.8, 4) is 0 Å². The molecule has 0 fully saturated rings. The van der Waals surface area contributed by atoms with Gasteiger partial charge >= 0.3 is 9.17 Å². The lowest BCUT2D eigenvalue weighted by Gasteiger charge is -2.41. The normalized spacial score (nSPS) is 11.2. The molecule has 4 heteroatoms. The third-order valence-corrected chi connectivity index (χ3v) is 5.82. The number of benzene rings is 4. The average Bonchev–Trinajstić information content (AvgIpc) is 2.81. The largest absolute Gasteiger partial charge is 0.765 e. The van der Waals surface area contributed by atoms with Gasteiger partial charge in [0.05, 0.1) is 5.92 Å². The smallest absolute Gasteiger partial charge is 0.511 e. The van der Waals surface area contributed by atoms with E-state index >= 15 is 0 Å². The minimum atomic E-state index is -3.29. The van der Waals surface area contributed by atoms with Gasteiger partial charge in [-0.1, -0.05) is 121 Å². The van der Waals surface area contributed by atoms with Gasteiger partial charge in [-0.05, 0) is 22.3 Å². The SMILES string of the molecule is O=[Si](O)OC(c1ccccc1)(c1ccccc1)C(c1ccccc1)c1ccccc1. The van der Waals surface area contributed by atoms with E-state index in [-0.39, 0.29) is 5.92 Å². The highest BCUT2D eigenvalue weighted by atomic mass is 28.3. The molecule has 0 saturated carbocycles. The minimum absolute atomic E-state index is 0.342. The van der Waals surface area contributed by atoms with Crippen LogP contribution in [0.5, 0.6) is 0 Å². The first-order valence-electron chi connectivity index (χ1n) is 9.84. The summed E-state index contributed by atoms with van der Waals surface area (Å²) in [5, 5.41) is 0. The Morgan fingerprint density at radius 2 is 0.933 bits per heavy atom. The van der Waals surface area contributed by atoms with Crippen LogP contribution in [0.3, 0.4) is 0 Å². The lowest BCUT2D eigenvalue weighted by molar-refractivity contribution is 0.0549. The van der Waals surface area contributed by atoms with Crippen molar-refractivity contribution in [1.29, 1.82) is 0 Å². The second-order valence-corrected chi connectivity index (χ2v) is 7.83.